The fourth-order valence-electron chi connectivity index (χ4n) is 3.08. The summed E-state index contributed by atoms with van der Waals surface area (Å²) in [5.74, 6) is 0.898. The molecule has 25 heavy (non-hydrogen) atoms. The minimum absolute atomic E-state index is 0.0134. The lowest BCUT2D eigenvalue weighted by Crippen LogP contribution is -2.44. The van der Waals surface area contributed by atoms with Gasteiger partial charge in [0.05, 0.1) is 21.3 Å². The Labute approximate surface area is 147 Å². The number of hydrogen-bond acceptors (Lipinski definition) is 7. The van der Waals surface area contributed by atoms with Crippen molar-refractivity contribution in [1.29, 1.82) is 0 Å². The van der Waals surface area contributed by atoms with E-state index in [1.807, 2.05) is 0 Å². The van der Waals surface area contributed by atoms with E-state index in [4.69, 9.17) is 23.7 Å². The predicted octanol–water partition coefficient (Wildman–Crippen LogP) is 2.63. The van der Waals surface area contributed by atoms with E-state index in [0.717, 1.165) is 19.3 Å². The number of rotatable bonds is 8. The smallest absolute Gasteiger partial charge is 0.350 e. The average Bonchev–Trinajstić information content (AvgIpc) is 2.65. The molecule has 1 aromatic carbocycles. The molecule has 1 fully saturated rings. The third-order valence-corrected chi connectivity index (χ3v) is 4.40. The Hall–Kier alpha value is -2.44. The van der Waals surface area contributed by atoms with Crippen molar-refractivity contribution < 1.29 is 33.3 Å². The molecule has 1 aromatic rings. The highest BCUT2D eigenvalue weighted by Crippen LogP contribution is 2.38. The molecule has 1 aliphatic carbocycles. The molecule has 0 atom stereocenters. The van der Waals surface area contributed by atoms with E-state index in [-0.39, 0.29) is 6.61 Å². The minimum atomic E-state index is -1.17. The SMILES string of the molecule is COc1cc(COC(=O)C2(OC=O)CCCCC2)cc(OC)c1OC. The number of benzene rings is 1. The van der Waals surface area contributed by atoms with Crippen LogP contribution in [0.4, 0.5) is 0 Å². The van der Waals surface area contributed by atoms with Gasteiger partial charge in [0.1, 0.15) is 6.61 Å². The molecular formula is C18H24O7. The van der Waals surface area contributed by atoms with Crippen LogP contribution in [0.3, 0.4) is 0 Å². The average molecular weight is 352 g/mol. The highest BCUT2D eigenvalue weighted by molar-refractivity contribution is 5.81. The van der Waals surface area contributed by atoms with Gasteiger partial charge in [-0.15, -0.1) is 0 Å². The second-order valence-corrected chi connectivity index (χ2v) is 5.88. The Morgan fingerprint density at radius 1 is 1.04 bits per heavy atom. The highest BCUT2D eigenvalue weighted by atomic mass is 16.6. The zero-order valence-corrected chi connectivity index (χ0v) is 14.8. The molecule has 7 heteroatoms. The van der Waals surface area contributed by atoms with Gasteiger partial charge in [-0.1, -0.05) is 6.42 Å². The first-order chi connectivity index (χ1) is 12.1. The van der Waals surface area contributed by atoms with Crippen LogP contribution in [0.25, 0.3) is 0 Å². The molecule has 0 saturated heterocycles. The minimum Gasteiger partial charge on any atom is -0.493 e. The van der Waals surface area contributed by atoms with Crippen LogP contribution < -0.4 is 14.2 Å². The van der Waals surface area contributed by atoms with Crippen molar-refractivity contribution in [3.8, 4) is 17.2 Å². The zero-order valence-electron chi connectivity index (χ0n) is 14.8. The van der Waals surface area contributed by atoms with Crippen molar-refractivity contribution in [2.45, 2.75) is 44.3 Å². The van der Waals surface area contributed by atoms with Crippen molar-refractivity contribution in [2.75, 3.05) is 21.3 Å². The van der Waals surface area contributed by atoms with Crippen LogP contribution in [0.1, 0.15) is 37.7 Å². The van der Waals surface area contributed by atoms with Crippen LogP contribution >= 0.6 is 0 Å². The molecule has 1 saturated carbocycles. The molecule has 0 spiro atoms. The summed E-state index contributed by atoms with van der Waals surface area (Å²) in [6.07, 6.45) is 3.64. The number of carbonyl (C=O) groups is 2. The lowest BCUT2D eigenvalue weighted by Gasteiger charge is -2.32. The Kier molecular flexibility index (Phi) is 6.50. The summed E-state index contributed by atoms with van der Waals surface area (Å²) in [5.41, 5.74) is -0.486. The van der Waals surface area contributed by atoms with Gasteiger partial charge >= 0.3 is 5.97 Å². The number of methoxy groups -OCH3 is 3. The van der Waals surface area contributed by atoms with Crippen molar-refractivity contribution in [3.63, 3.8) is 0 Å². The maximum absolute atomic E-state index is 12.5. The van der Waals surface area contributed by atoms with Gasteiger partial charge in [-0.05, 0) is 43.4 Å². The van der Waals surface area contributed by atoms with Crippen LogP contribution in [0, 0.1) is 0 Å². The third kappa shape index (κ3) is 4.15. The van der Waals surface area contributed by atoms with Crippen LogP contribution in [0.5, 0.6) is 17.2 Å². The quantitative estimate of drug-likeness (QED) is 0.525. The Bertz CT molecular complexity index is 580. The Morgan fingerprint density at radius 3 is 2.12 bits per heavy atom. The molecule has 2 rings (SSSR count). The van der Waals surface area contributed by atoms with Crippen LogP contribution in [0.15, 0.2) is 12.1 Å². The van der Waals surface area contributed by atoms with Crippen LogP contribution in [-0.2, 0) is 25.7 Å². The molecule has 0 N–H and O–H groups in total. The van der Waals surface area contributed by atoms with Crippen molar-refractivity contribution in [1.82, 2.24) is 0 Å². The summed E-state index contributed by atoms with van der Waals surface area (Å²) >= 11 is 0. The fourth-order valence-corrected chi connectivity index (χ4v) is 3.08. The summed E-state index contributed by atoms with van der Waals surface area (Å²) in [4.78, 5) is 23.3. The van der Waals surface area contributed by atoms with Gasteiger partial charge in [0.2, 0.25) is 11.4 Å². The second kappa shape index (κ2) is 8.60. The molecule has 0 aliphatic heterocycles. The van der Waals surface area contributed by atoms with Crippen LogP contribution in [-0.4, -0.2) is 39.4 Å². The van der Waals surface area contributed by atoms with E-state index in [1.165, 1.54) is 21.3 Å². The first-order valence-electron chi connectivity index (χ1n) is 8.17. The van der Waals surface area contributed by atoms with Gasteiger partial charge in [-0.3, -0.25) is 4.79 Å². The molecule has 0 radical (unpaired) electrons. The predicted molar refractivity (Wildman–Crippen MR) is 88.9 cm³/mol. The Morgan fingerprint density at radius 2 is 1.64 bits per heavy atom. The summed E-state index contributed by atoms with van der Waals surface area (Å²) in [7, 11) is 4.55. The van der Waals surface area contributed by atoms with Crippen molar-refractivity contribution >= 4 is 12.4 Å². The molecule has 0 amide bonds. The molecule has 0 bridgehead atoms. The van der Waals surface area contributed by atoms with E-state index in [0.29, 0.717) is 42.1 Å². The normalized spacial score (nSPS) is 15.8. The number of ether oxygens (including phenoxy) is 5. The monoisotopic (exact) mass is 352 g/mol. The maximum atomic E-state index is 12.5. The largest absolute Gasteiger partial charge is 0.493 e. The molecular weight excluding hydrogens is 328 g/mol. The van der Waals surface area contributed by atoms with E-state index in [2.05, 4.69) is 0 Å². The van der Waals surface area contributed by atoms with Gasteiger partial charge in [0.15, 0.2) is 11.5 Å². The lowest BCUT2D eigenvalue weighted by molar-refractivity contribution is -0.180. The number of carbonyl (C=O) groups excluding carboxylic acids is 2. The summed E-state index contributed by atoms with van der Waals surface area (Å²) in [5, 5.41) is 0. The zero-order chi connectivity index (χ0) is 18.3. The molecule has 0 heterocycles. The van der Waals surface area contributed by atoms with E-state index < -0.39 is 11.6 Å². The van der Waals surface area contributed by atoms with Gasteiger partial charge < -0.3 is 23.7 Å². The summed E-state index contributed by atoms with van der Waals surface area (Å²) in [6, 6.07) is 3.42. The molecule has 138 valence electrons. The van der Waals surface area contributed by atoms with E-state index in [9.17, 15) is 9.59 Å². The molecule has 1 aliphatic rings. The second-order valence-electron chi connectivity index (χ2n) is 5.88. The first kappa shape index (κ1) is 18.9. The van der Waals surface area contributed by atoms with Crippen molar-refractivity contribution in [2.24, 2.45) is 0 Å². The first-order valence-corrected chi connectivity index (χ1v) is 8.17. The summed E-state index contributed by atoms with van der Waals surface area (Å²) < 4.78 is 26.4. The molecule has 0 aromatic heterocycles. The van der Waals surface area contributed by atoms with E-state index in [1.54, 1.807) is 12.1 Å². The van der Waals surface area contributed by atoms with Crippen LogP contribution in [0.2, 0.25) is 0 Å². The molecule has 0 unspecified atom stereocenters. The number of esters is 1. The van der Waals surface area contributed by atoms with Gasteiger partial charge in [0.25, 0.3) is 6.47 Å². The van der Waals surface area contributed by atoms with Gasteiger partial charge in [-0.2, -0.15) is 0 Å². The fraction of sp³-hybridized carbons (Fsp3) is 0.556. The lowest BCUT2D eigenvalue weighted by atomic mass is 9.84. The summed E-state index contributed by atoms with van der Waals surface area (Å²) in [6.45, 7) is 0.339. The topological polar surface area (TPSA) is 80.3 Å². The standard InChI is InChI=1S/C18H24O7/c1-21-14-9-13(10-15(22-2)16(14)23-3)11-24-17(20)18(25-12-19)7-5-4-6-8-18/h9-10,12H,4-8,11H2,1-3H3. The third-order valence-electron chi connectivity index (χ3n) is 4.40. The van der Waals surface area contributed by atoms with Gasteiger partial charge in [-0.25, -0.2) is 4.79 Å². The number of hydrogen-bond donors (Lipinski definition) is 0. The highest BCUT2D eigenvalue weighted by Gasteiger charge is 2.43. The van der Waals surface area contributed by atoms with E-state index >= 15 is 0 Å². The Balaban J connectivity index is 2.14. The van der Waals surface area contributed by atoms with Crippen molar-refractivity contribution in [3.05, 3.63) is 17.7 Å². The van der Waals surface area contributed by atoms with Gasteiger partial charge in [0, 0.05) is 0 Å². The molecule has 7 nitrogen and oxygen atoms in total. The maximum Gasteiger partial charge on any atom is 0.350 e.